The molecular weight excluding hydrogens is 394 g/mol. The maximum Gasteiger partial charge on any atom is 0.123 e. The minimum atomic E-state index is -0.251. The first kappa shape index (κ1) is 17.4. The van der Waals surface area contributed by atoms with Crippen molar-refractivity contribution in [2.24, 2.45) is 0 Å². The van der Waals surface area contributed by atoms with E-state index in [1.165, 1.54) is 12.1 Å². The second-order valence-corrected chi connectivity index (χ2v) is 7.73. The van der Waals surface area contributed by atoms with E-state index in [0.717, 1.165) is 38.5 Å². The van der Waals surface area contributed by atoms with Crippen LogP contribution in [-0.2, 0) is 0 Å². The zero-order chi connectivity index (χ0) is 19.3. The van der Waals surface area contributed by atoms with Crippen molar-refractivity contribution in [2.45, 2.75) is 5.92 Å². The standard InChI is InChI=1S/C23H15Cl2FN2/c24-14-3-7-17-19(11-27-21(17)9-14)23(13-1-5-16(26)6-2-13)20-12-28-22-10-15(25)4-8-18(20)22/h1-12,23,27-28H. The first-order valence-corrected chi connectivity index (χ1v) is 9.64. The quantitative estimate of drug-likeness (QED) is 0.314. The molecule has 2 N–H and O–H groups in total. The number of hydrogen-bond acceptors (Lipinski definition) is 0. The molecule has 2 heterocycles. The zero-order valence-corrected chi connectivity index (χ0v) is 16.2. The van der Waals surface area contributed by atoms with Crippen molar-refractivity contribution in [3.8, 4) is 0 Å². The summed E-state index contributed by atoms with van der Waals surface area (Å²) in [4.78, 5) is 6.64. The van der Waals surface area contributed by atoms with Gasteiger partial charge in [0.1, 0.15) is 5.82 Å². The summed E-state index contributed by atoms with van der Waals surface area (Å²) >= 11 is 12.3. The molecule has 0 saturated heterocycles. The highest BCUT2D eigenvalue weighted by atomic mass is 35.5. The molecule has 0 aliphatic carbocycles. The summed E-state index contributed by atoms with van der Waals surface area (Å²) in [6.45, 7) is 0. The highest BCUT2D eigenvalue weighted by Gasteiger charge is 2.23. The highest BCUT2D eigenvalue weighted by Crippen LogP contribution is 2.40. The van der Waals surface area contributed by atoms with Crippen LogP contribution in [-0.4, -0.2) is 9.97 Å². The highest BCUT2D eigenvalue weighted by molar-refractivity contribution is 6.31. The minimum absolute atomic E-state index is 0.0783. The lowest BCUT2D eigenvalue weighted by Crippen LogP contribution is -2.02. The van der Waals surface area contributed by atoms with E-state index in [-0.39, 0.29) is 11.7 Å². The molecule has 3 aromatic carbocycles. The maximum atomic E-state index is 13.6. The van der Waals surface area contributed by atoms with Gasteiger partial charge in [-0.1, -0.05) is 47.5 Å². The number of hydrogen-bond donors (Lipinski definition) is 2. The number of halogens is 3. The van der Waals surface area contributed by atoms with Gasteiger partial charge < -0.3 is 9.97 Å². The molecule has 2 aromatic heterocycles. The third kappa shape index (κ3) is 2.88. The Labute approximate surface area is 170 Å². The SMILES string of the molecule is Fc1ccc(C(c2c[nH]c3cc(Cl)ccc23)c2c[nH]c3cc(Cl)ccc23)cc1. The number of aromatic amines is 2. The lowest BCUT2D eigenvalue weighted by molar-refractivity contribution is 0.627. The molecule has 0 fully saturated rings. The van der Waals surface area contributed by atoms with E-state index in [0.29, 0.717) is 10.0 Å². The molecule has 2 nitrogen and oxygen atoms in total. The fourth-order valence-electron chi connectivity index (χ4n) is 3.90. The molecule has 0 radical (unpaired) electrons. The predicted molar refractivity (Wildman–Crippen MR) is 114 cm³/mol. The van der Waals surface area contributed by atoms with E-state index in [4.69, 9.17) is 23.2 Å². The lowest BCUT2D eigenvalue weighted by atomic mass is 9.85. The first-order valence-electron chi connectivity index (χ1n) is 8.89. The van der Waals surface area contributed by atoms with Gasteiger partial charge in [0.25, 0.3) is 0 Å². The zero-order valence-electron chi connectivity index (χ0n) is 14.6. The third-order valence-electron chi connectivity index (χ3n) is 5.18. The Morgan fingerprint density at radius 2 is 1.18 bits per heavy atom. The van der Waals surface area contributed by atoms with Crippen LogP contribution in [0.4, 0.5) is 4.39 Å². The molecule has 0 atom stereocenters. The Morgan fingerprint density at radius 3 is 1.68 bits per heavy atom. The van der Waals surface area contributed by atoms with Crippen LogP contribution in [0.2, 0.25) is 10.0 Å². The number of benzene rings is 3. The summed E-state index contributed by atoms with van der Waals surface area (Å²) in [5.74, 6) is -0.329. The lowest BCUT2D eigenvalue weighted by Gasteiger charge is -2.17. The van der Waals surface area contributed by atoms with Crippen LogP contribution >= 0.6 is 23.2 Å². The number of fused-ring (bicyclic) bond motifs is 2. The molecule has 0 amide bonds. The smallest absolute Gasteiger partial charge is 0.123 e. The number of nitrogens with one attached hydrogen (secondary N) is 2. The third-order valence-corrected chi connectivity index (χ3v) is 5.65. The first-order chi connectivity index (χ1) is 13.6. The van der Waals surface area contributed by atoms with Crippen LogP contribution in [0.3, 0.4) is 0 Å². The molecule has 5 aromatic rings. The predicted octanol–water partition coefficient (Wildman–Crippen LogP) is 7.28. The van der Waals surface area contributed by atoms with Gasteiger partial charge in [-0.05, 0) is 53.1 Å². The number of aromatic nitrogens is 2. The minimum Gasteiger partial charge on any atom is -0.361 e. The van der Waals surface area contributed by atoms with Crippen LogP contribution < -0.4 is 0 Å². The van der Waals surface area contributed by atoms with Crippen molar-refractivity contribution in [1.82, 2.24) is 9.97 Å². The second-order valence-electron chi connectivity index (χ2n) is 6.85. The summed E-state index contributed by atoms with van der Waals surface area (Å²) in [7, 11) is 0. The average molecular weight is 409 g/mol. The summed E-state index contributed by atoms with van der Waals surface area (Å²) in [5, 5.41) is 3.53. The molecule has 0 aliphatic heterocycles. The average Bonchev–Trinajstić information content (AvgIpc) is 3.28. The van der Waals surface area contributed by atoms with Crippen molar-refractivity contribution in [3.05, 3.63) is 106 Å². The molecule has 0 spiro atoms. The summed E-state index contributed by atoms with van der Waals surface area (Å²) in [6, 6.07) is 18.3. The van der Waals surface area contributed by atoms with Crippen LogP contribution in [0.5, 0.6) is 0 Å². The summed E-state index contributed by atoms with van der Waals surface area (Å²) in [6.07, 6.45) is 4.01. The van der Waals surface area contributed by atoms with E-state index >= 15 is 0 Å². The second kappa shape index (κ2) is 6.69. The molecule has 0 bridgehead atoms. The van der Waals surface area contributed by atoms with Crippen LogP contribution in [0.15, 0.2) is 73.1 Å². The van der Waals surface area contributed by atoms with Gasteiger partial charge in [0.2, 0.25) is 0 Å². The molecule has 138 valence electrons. The monoisotopic (exact) mass is 408 g/mol. The topological polar surface area (TPSA) is 31.6 Å². The van der Waals surface area contributed by atoms with Crippen LogP contribution in [0.1, 0.15) is 22.6 Å². The Bertz CT molecular complexity index is 1220. The molecule has 5 heteroatoms. The van der Waals surface area contributed by atoms with Crippen molar-refractivity contribution in [3.63, 3.8) is 0 Å². The number of rotatable bonds is 3. The van der Waals surface area contributed by atoms with E-state index in [1.54, 1.807) is 0 Å². The Hall–Kier alpha value is -2.75. The van der Waals surface area contributed by atoms with E-state index in [2.05, 4.69) is 9.97 Å². The van der Waals surface area contributed by atoms with Crippen LogP contribution in [0, 0.1) is 5.82 Å². The molecule has 28 heavy (non-hydrogen) atoms. The molecule has 0 aliphatic rings. The van der Waals surface area contributed by atoms with Crippen molar-refractivity contribution >= 4 is 45.0 Å². The van der Waals surface area contributed by atoms with Gasteiger partial charge in [-0.2, -0.15) is 0 Å². The van der Waals surface area contributed by atoms with Gasteiger partial charge in [-0.15, -0.1) is 0 Å². The van der Waals surface area contributed by atoms with Gasteiger partial charge in [-0.3, -0.25) is 0 Å². The fourth-order valence-corrected chi connectivity index (χ4v) is 4.25. The Kier molecular flexibility index (Phi) is 4.15. The van der Waals surface area contributed by atoms with Gasteiger partial charge in [0, 0.05) is 50.2 Å². The van der Waals surface area contributed by atoms with E-state index in [9.17, 15) is 4.39 Å². The van der Waals surface area contributed by atoms with Gasteiger partial charge in [0.05, 0.1) is 0 Å². The van der Waals surface area contributed by atoms with Gasteiger partial charge in [0.15, 0.2) is 0 Å². The molecule has 0 unspecified atom stereocenters. The van der Waals surface area contributed by atoms with E-state index in [1.807, 2.05) is 60.9 Å². The van der Waals surface area contributed by atoms with Crippen LogP contribution in [0.25, 0.3) is 21.8 Å². The fraction of sp³-hybridized carbons (Fsp3) is 0.0435. The molecule has 5 rings (SSSR count). The van der Waals surface area contributed by atoms with Crippen molar-refractivity contribution in [2.75, 3.05) is 0 Å². The van der Waals surface area contributed by atoms with Crippen molar-refractivity contribution < 1.29 is 4.39 Å². The normalized spacial score (nSPS) is 11.7. The van der Waals surface area contributed by atoms with E-state index < -0.39 is 0 Å². The Balaban J connectivity index is 1.78. The maximum absolute atomic E-state index is 13.6. The molecule has 0 saturated carbocycles. The molecular formula is C23H15Cl2FN2. The number of H-pyrrole nitrogens is 2. The van der Waals surface area contributed by atoms with Gasteiger partial charge in [-0.25, -0.2) is 4.39 Å². The summed E-state index contributed by atoms with van der Waals surface area (Å²) < 4.78 is 13.6. The largest absolute Gasteiger partial charge is 0.361 e. The summed E-state index contributed by atoms with van der Waals surface area (Å²) in [5.41, 5.74) is 5.16. The van der Waals surface area contributed by atoms with Gasteiger partial charge >= 0.3 is 0 Å². The Morgan fingerprint density at radius 1 is 0.679 bits per heavy atom. The van der Waals surface area contributed by atoms with Crippen molar-refractivity contribution in [1.29, 1.82) is 0 Å².